The number of aromatic nitrogens is 1. The molecule has 1 atom stereocenters. The van der Waals surface area contributed by atoms with Gasteiger partial charge < -0.3 is 14.1 Å². The van der Waals surface area contributed by atoms with Crippen LogP contribution in [0.2, 0.25) is 18.1 Å². The number of halogens is 1. The van der Waals surface area contributed by atoms with Crippen LogP contribution >= 0.6 is 15.9 Å². The number of amides is 1. The molecule has 1 aromatic carbocycles. The monoisotopic (exact) mass is 452 g/mol. The molecule has 5 nitrogen and oxygen atoms in total. The second-order valence-electron chi connectivity index (χ2n) is 8.90. The van der Waals surface area contributed by atoms with Gasteiger partial charge >= 0.3 is 6.09 Å². The van der Waals surface area contributed by atoms with Crippen LogP contribution in [0.25, 0.3) is 10.9 Å². The molecule has 0 radical (unpaired) electrons. The number of carboxylic acid groups (broad SMARTS) is 1. The summed E-state index contributed by atoms with van der Waals surface area (Å²) in [5.41, 5.74) is 3.44. The molecule has 1 amide bonds. The van der Waals surface area contributed by atoms with Gasteiger partial charge in [-0.2, -0.15) is 0 Å². The Labute approximate surface area is 170 Å². The topological polar surface area (TPSA) is 54.7 Å². The summed E-state index contributed by atoms with van der Waals surface area (Å²) in [6, 6.07) is 6.00. The number of benzene rings is 1. The summed E-state index contributed by atoms with van der Waals surface area (Å²) >= 11 is 3.55. The Balaban J connectivity index is 2.06. The third-order valence-electron chi connectivity index (χ3n) is 6.27. The first-order valence-corrected chi connectivity index (χ1v) is 13.0. The van der Waals surface area contributed by atoms with Crippen LogP contribution < -0.4 is 0 Å². The third-order valence-corrected chi connectivity index (χ3v) is 11.3. The highest BCUT2D eigenvalue weighted by Crippen LogP contribution is 2.41. The van der Waals surface area contributed by atoms with E-state index in [1.54, 1.807) is 4.90 Å². The normalized spacial score (nSPS) is 18.0. The number of nitrogens with zero attached hydrogens (tertiary/aromatic N) is 2. The Morgan fingerprint density at radius 3 is 2.63 bits per heavy atom. The maximum Gasteiger partial charge on any atom is 0.407 e. The van der Waals surface area contributed by atoms with Crippen molar-refractivity contribution in [2.24, 2.45) is 7.05 Å². The zero-order chi connectivity index (χ0) is 20.1. The standard InChI is InChI=1S/C20H29BrN2O3Si/c1-20(2,3)27(5,6)26-12-17-18-15(9-10-23(17)19(24)25)14-8-7-13(21)11-16(14)22(18)4/h7-8,11,17H,9-10,12H2,1-6H3,(H,24,25). The summed E-state index contributed by atoms with van der Waals surface area (Å²) in [6.07, 6.45) is -0.145. The molecule has 0 bridgehead atoms. The van der Waals surface area contributed by atoms with Crippen molar-refractivity contribution in [1.29, 1.82) is 0 Å². The number of hydrogen-bond acceptors (Lipinski definition) is 2. The van der Waals surface area contributed by atoms with E-state index in [0.29, 0.717) is 13.2 Å². The van der Waals surface area contributed by atoms with Gasteiger partial charge in [-0.1, -0.05) is 42.8 Å². The van der Waals surface area contributed by atoms with E-state index in [-0.39, 0.29) is 11.1 Å². The highest BCUT2D eigenvalue weighted by molar-refractivity contribution is 9.10. The Hall–Kier alpha value is -1.31. The molecule has 0 saturated heterocycles. The average molecular weight is 453 g/mol. The maximum atomic E-state index is 11.9. The van der Waals surface area contributed by atoms with Gasteiger partial charge in [-0.15, -0.1) is 0 Å². The van der Waals surface area contributed by atoms with Crippen molar-refractivity contribution in [1.82, 2.24) is 9.47 Å². The molecule has 1 N–H and O–H groups in total. The highest BCUT2D eigenvalue weighted by atomic mass is 79.9. The fraction of sp³-hybridized carbons (Fsp3) is 0.550. The van der Waals surface area contributed by atoms with Crippen molar-refractivity contribution in [3.05, 3.63) is 33.9 Å². The van der Waals surface area contributed by atoms with Gasteiger partial charge in [0, 0.05) is 34.7 Å². The number of fused-ring (bicyclic) bond motifs is 3. The van der Waals surface area contributed by atoms with Gasteiger partial charge in [0.1, 0.15) is 0 Å². The minimum absolute atomic E-state index is 0.0857. The molecule has 2 heterocycles. The van der Waals surface area contributed by atoms with Crippen molar-refractivity contribution < 1.29 is 14.3 Å². The number of carbonyl (C=O) groups is 1. The Morgan fingerprint density at radius 1 is 1.37 bits per heavy atom. The lowest BCUT2D eigenvalue weighted by molar-refractivity contribution is 0.0921. The predicted octanol–water partition coefficient (Wildman–Crippen LogP) is 5.54. The summed E-state index contributed by atoms with van der Waals surface area (Å²) in [7, 11) is 0.0499. The van der Waals surface area contributed by atoms with E-state index >= 15 is 0 Å². The molecule has 148 valence electrons. The molecular formula is C20H29BrN2O3Si. The van der Waals surface area contributed by atoms with Crippen molar-refractivity contribution in [2.75, 3.05) is 13.2 Å². The molecule has 0 saturated carbocycles. The Bertz CT molecular complexity index is 885. The molecule has 7 heteroatoms. The van der Waals surface area contributed by atoms with Gasteiger partial charge in [0.15, 0.2) is 8.32 Å². The fourth-order valence-electron chi connectivity index (χ4n) is 3.63. The lowest BCUT2D eigenvalue weighted by Crippen LogP contribution is -2.46. The van der Waals surface area contributed by atoms with E-state index in [2.05, 4.69) is 66.5 Å². The first-order valence-electron chi connectivity index (χ1n) is 9.34. The minimum atomic E-state index is -1.98. The number of rotatable bonds is 3. The van der Waals surface area contributed by atoms with E-state index in [1.807, 2.05) is 13.1 Å². The molecular weight excluding hydrogens is 424 g/mol. The van der Waals surface area contributed by atoms with Crippen molar-refractivity contribution >= 4 is 41.2 Å². The zero-order valence-electron chi connectivity index (χ0n) is 17.0. The quantitative estimate of drug-likeness (QED) is 0.621. The molecule has 1 aliphatic heterocycles. The predicted molar refractivity (Wildman–Crippen MR) is 115 cm³/mol. The van der Waals surface area contributed by atoms with Gasteiger partial charge in [-0.3, -0.25) is 4.90 Å². The average Bonchev–Trinajstić information content (AvgIpc) is 2.84. The first-order chi connectivity index (χ1) is 12.4. The molecule has 1 unspecified atom stereocenters. The van der Waals surface area contributed by atoms with Gasteiger partial charge in [-0.05, 0) is 42.2 Å². The second kappa shape index (κ2) is 6.94. The fourth-order valence-corrected chi connectivity index (χ4v) is 4.99. The highest BCUT2D eigenvalue weighted by Gasteiger charge is 2.41. The Kier molecular flexibility index (Phi) is 5.25. The summed E-state index contributed by atoms with van der Waals surface area (Å²) < 4.78 is 9.62. The van der Waals surface area contributed by atoms with Crippen molar-refractivity contribution in [3.8, 4) is 0 Å². The van der Waals surface area contributed by atoms with Crippen molar-refractivity contribution in [2.45, 2.75) is 51.4 Å². The third kappa shape index (κ3) is 3.57. The van der Waals surface area contributed by atoms with Crippen molar-refractivity contribution in [3.63, 3.8) is 0 Å². The molecule has 1 aromatic heterocycles. The van der Waals surface area contributed by atoms with Crippen LogP contribution in [-0.2, 0) is 17.9 Å². The number of aryl methyl sites for hydroxylation is 1. The van der Waals surface area contributed by atoms with Crippen LogP contribution in [0.1, 0.15) is 38.1 Å². The van der Waals surface area contributed by atoms with Crippen LogP contribution in [-0.4, -0.2) is 42.1 Å². The van der Waals surface area contributed by atoms with E-state index in [9.17, 15) is 9.90 Å². The van der Waals surface area contributed by atoms with Crippen LogP contribution in [0, 0.1) is 0 Å². The van der Waals surface area contributed by atoms with Crippen LogP contribution in [0.3, 0.4) is 0 Å². The van der Waals surface area contributed by atoms with Crippen LogP contribution in [0.4, 0.5) is 4.79 Å². The van der Waals surface area contributed by atoms with E-state index < -0.39 is 14.4 Å². The lowest BCUT2D eigenvalue weighted by Gasteiger charge is -2.40. The molecule has 0 spiro atoms. The van der Waals surface area contributed by atoms with Crippen LogP contribution in [0.5, 0.6) is 0 Å². The number of hydrogen-bond donors (Lipinski definition) is 1. The minimum Gasteiger partial charge on any atom is -0.465 e. The summed E-state index contributed by atoms with van der Waals surface area (Å²) in [4.78, 5) is 13.5. The molecule has 1 aliphatic rings. The first kappa shape index (κ1) is 20.4. The van der Waals surface area contributed by atoms with Gasteiger partial charge in [-0.25, -0.2) is 4.79 Å². The van der Waals surface area contributed by atoms with E-state index in [4.69, 9.17) is 4.43 Å². The van der Waals surface area contributed by atoms with E-state index in [0.717, 1.165) is 22.1 Å². The molecule has 2 aromatic rings. The smallest absolute Gasteiger partial charge is 0.407 e. The van der Waals surface area contributed by atoms with Crippen LogP contribution in [0.15, 0.2) is 22.7 Å². The molecule has 27 heavy (non-hydrogen) atoms. The molecule has 0 aliphatic carbocycles. The molecule has 3 rings (SSSR count). The Morgan fingerprint density at radius 2 is 2.04 bits per heavy atom. The molecule has 0 fully saturated rings. The van der Waals surface area contributed by atoms with Gasteiger partial charge in [0.25, 0.3) is 0 Å². The van der Waals surface area contributed by atoms with Gasteiger partial charge in [0.05, 0.1) is 12.6 Å². The van der Waals surface area contributed by atoms with E-state index in [1.165, 1.54) is 10.9 Å². The SMILES string of the molecule is Cn1c2c(c3ccc(Br)cc31)CCN(C(=O)O)C2CO[Si](C)(C)C(C)(C)C. The summed E-state index contributed by atoms with van der Waals surface area (Å²) in [6.45, 7) is 11.9. The van der Waals surface area contributed by atoms with Gasteiger partial charge in [0.2, 0.25) is 0 Å². The zero-order valence-corrected chi connectivity index (χ0v) is 19.6. The second-order valence-corrected chi connectivity index (χ2v) is 14.6. The maximum absolute atomic E-state index is 11.9. The largest absolute Gasteiger partial charge is 0.465 e. The lowest BCUT2D eigenvalue weighted by atomic mass is 9.98. The summed E-state index contributed by atoms with van der Waals surface area (Å²) in [5.74, 6) is 0. The summed E-state index contributed by atoms with van der Waals surface area (Å²) in [5, 5.41) is 11.1.